The molecule has 0 spiro atoms. The van der Waals surface area contributed by atoms with Gasteiger partial charge >= 0.3 is 0 Å². The molecule has 0 aliphatic heterocycles. The molecule has 1 fully saturated rings. The van der Waals surface area contributed by atoms with Crippen LogP contribution in [-0.2, 0) is 0 Å². The van der Waals surface area contributed by atoms with Crippen molar-refractivity contribution in [1.29, 1.82) is 0 Å². The molecule has 0 unspecified atom stereocenters. The number of phenolic OH excluding ortho intramolecular Hbond substituents is 1. The Morgan fingerprint density at radius 3 is 2.81 bits per heavy atom. The van der Waals surface area contributed by atoms with Gasteiger partial charge in [0.25, 0.3) is 5.91 Å². The van der Waals surface area contributed by atoms with Crippen LogP contribution < -0.4 is 0 Å². The van der Waals surface area contributed by atoms with Gasteiger partial charge < -0.3 is 10.0 Å². The Bertz CT molecular complexity index is 410. The van der Waals surface area contributed by atoms with Crippen molar-refractivity contribution in [2.45, 2.75) is 19.8 Å². The minimum absolute atomic E-state index is 0.000278. The van der Waals surface area contributed by atoms with E-state index in [-0.39, 0.29) is 11.7 Å². The van der Waals surface area contributed by atoms with Gasteiger partial charge in [-0.2, -0.15) is 0 Å². The first-order valence-corrected chi connectivity index (χ1v) is 5.63. The molecule has 1 aliphatic rings. The van der Waals surface area contributed by atoms with Crippen LogP contribution in [0.2, 0.25) is 0 Å². The van der Waals surface area contributed by atoms with Crippen LogP contribution in [0, 0.1) is 12.8 Å². The standard InChI is InChI=1S/C13H17NO2/c1-9-11(4-3-5-12(9)15)13(16)14(2)8-10-6-7-10/h3-5,10,15H,6-8H2,1-2H3. The number of carbonyl (C=O) groups excluding carboxylic acids is 1. The Morgan fingerprint density at radius 1 is 1.50 bits per heavy atom. The summed E-state index contributed by atoms with van der Waals surface area (Å²) in [4.78, 5) is 13.8. The van der Waals surface area contributed by atoms with Crippen molar-refractivity contribution in [3.63, 3.8) is 0 Å². The number of hydrogen-bond donors (Lipinski definition) is 1. The van der Waals surface area contributed by atoms with Crippen molar-refractivity contribution < 1.29 is 9.90 Å². The average Bonchev–Trinajstić information content (AvgIpc) is 3.05. The van der Waals surface area contributed by atoms with E-state index in [4.69, 9.17) is 0 Å². The summed E-state index contributed by atoms with van der Waals surface area (Å²) in [5.74, 6) is 0.873. The summed E-state index contributed by atoms with van der Waals surface area (Å²) >= 11 is 0. The third-order valence-corrected chi connectivity index (χ3v) is 3.11. The normalized spacial score (nSPS) is 14.9. The molecule has 16 heavy (non-hydrogen) atoms. The molecule has 0 radical (unpaired) electrons. The van der Waals surface area contributed by atoms with E-state index in [2.05, 4.69) is 0 Å². The average molecular weight is 219 g/mol. The molecular weight excluding hydrogens is 202 g/mol. The molecule has 1 amide bonds. The minimum atomic E-state index is 0.000278. The predicted octanol–water partition coefficient (Wildman–Crippen LogP) is 2.18. The number of aromatic hydroxyl groups is 1. The van der Waals surface area contributed by atoms with Gasteiger partial charge in [0.2, 0.25) is 0 Å². The van der Waals surface area contributed by atoms with Crippen molar-refractivity contribution in [2.75, 3.05) is 13.6 Å². The molecule has 1 saturated carbocycles. The van der Waals surface area contributed by atoms with E-state index in [0.29, 0.717) is 17.0 Å². The fourth-order valence-electron chi connectivity index (χ4n) is 1.83. The number of hydrogen-bond acceptors (Lipinski definition) is 2. The van der Waals surface area contributed by atoms with Gasteiger partial charge in [0.15, 0.2) is 0 Å². The van der Waals surface area contributed by atoms with Crippen LogP contribution in [0.15, 0.2) is 18.2 Å². The van der Waals surface area contributed by atoms with Crippen LogP contribution in [0.5, 0.6) is 5.75 Å². The van der Waals surface area contributed by atoms with Crippen LogP contribution in [0.25, 0.3) is 0 Å². The quantitative estimate of drug-likeness (QED) is 0.846. The van der Waals surface area contributed by atoms with Crippen molar-refractivity contribution >= 4 is 5.91 Å². The zero-order valence-corrected chi connectivity index (χ0v) is 9.73. The summed E-state index contributed by atoms with van der Waals surface area (Å²) in [6, 6.07) is 5.08. The molecule has 0 aromatic heterocycles. The monoisotopic (exact) mass is 219 g/mol. The molecular formula is C13H17NO2. The van der Waals surface area contributed by atoms with Crippen molar-refractivity contribution in [3.8, 4) is 5.75 Å². The number of rotatable bonds is 3. The highest BCUT2D eigenvalue weighted by Gasteiger charge is 2.25. The van der Waals surface area contributed by atoms with Gasteiger partial charge in [-0.3, -0.25) is 4.79 Å². The summed E-state index contributed by atoms with van der Waals surface area (Å²) in [5.41, 5.74) is 1.26. The number of carbonyl (C=O) groups is 1. The smallest absolute Gasteiger partial charge is 0.254 e. The molecule has 1 aromatic carbocycles. The Kier molecular flexibility index (Phi) is 2.86. The third kappa shape index (κ3) is 2.18. The molecule has 3 nitrogen and oxygen atoms in total. The van der Waals surface area contributed by atoms with Crippen molar-refractivity contribution in [2.24, 2.45) is 5.92 Å². The first kappa shape index (κ1) is 11.0. The Labute approximate surface area is 95.7 Å². The Balaban J connectivity index is 2.15. The molecule has 1 aromatic rings. The molecule has 0 bridgehead atoms. The second-order valence-corrected chi connectivity index (χ2v) is 4.58. The lowest BCUT2D eigenvalue weighted by Crippen LogP contribution is -2.29. The topological polar surface area (TPSA) is 40.5 Å². The molecule has 0 atom stereocenters. The maximum Gasteiger partial charge on any atom is 0.254 e. The summed E-state index contributed by atoms with van der Waals surface area (Å²) in [5, 5.41) is 9.55. The van der Waals surface area contributed by atoms with Crippen LogP contribution in [-0.4, -0.2) is 29.5 Å². The highest BCUT2D eigenvalue weighted by molar-refractivity contribution is 5.96. The number of nitrogens with zero attached hydrogens (tertiary/aromatic N) is 1. The lowest BCUT2D eigenvalue weighted by Gasteiger charge is -2.18. The van der Waals surface area contributed by atoms with Gasteiger partial charge in [-0.25, -0.2) is 0 Å². The van der Waals surface area contributed by atoms with Crippen LogP contribution >= 0.6 is 0 Å². The fraction of sp³-hybridized carbons (Fsp3) is 0.462. The summed E-state index contributed by atoms with van der Waals surface area (Å²) in [7, 11) is 1.82. The lowest BCUT2D eigenvalue weighted by atomic mass is 10.1. The number of amides is 1. The summed E-state index contributed by atoms with van der Waals surface area (Å²) in [6.07, 6.45) is 2.47. The number of phenols is 1. The van der Waals surface area contributed by atoms with Crippen molar-refractivity contribution in [1.82, 2.24) is 4.90 Å². The van der Waals surface area contributed by atoms with Gasteiger partial charge in [-0.1, -0.05) is 6.07 Å². The number of benzene rings is 1. The van der Waals surface area contributed by atoms with Crippen LogP contribution in [0.3, 0.4) is 0 Å². The molecule has 1 N–H and O–H groups in total. The highest BCUT2D eigenvalue weighted by Crippen LogP contribution is 2.30. The fourth-order valence-corrected chi connectivity index (χ4v) is 1.83. The first-order chi connectivity index (χ1) is 7.59. The van der Waals surface area contributed by atoms with Crippen LogP contribution in [0.4, 0.5) is 0 Å². The lowest BCUT2D eigenvalue weighted by molar-refractivity contribution is 0.0787. The zero-order valence-electron chi connectivity index (χ0n) is 9.73. The second-order valence-electron chi connectivity index (χ2n) is 4.58. The SMILES string of the molecule is Cc1c(O)cccc1C(=O)N(C)CC1CC1. The van der Waals surface area contributed by atoms with Crippen LogP contribution in [0.1, 0.15) is 28.8 Å². The van der Waals surface area contributed by atoms with E-state index in [1.165, 1.54) is 12.8 Å². The van der Waals surface area contributed by atoms with Gasteiger partial charge in [-0.15, -0.1) is 0 Å². The summed E-state index contributed by atoms with van der Waals surface area (Å²) in [6.45, 7) is 2.60. The Hall–Kier alpha value is -1.51. The van der Waals surface area contributed by atoms with E-state index in [0.717, 1.165) is 6.54 Å². The van der Waals surface area contributed by atoms with E-state index in [9.17, 15) is 9.90 Å². The maximum atomic E-state index is 12.1. The zero-order chi connectivity index (χ0) is 11.7. The molecule has 1 aliphatic carbocycles. The maximum absolute atomic E-state index is 12.1. The molecule has 86 valence electrons. The largest absolute Gasteiger partial charge is 0.508 e. The van der Waals surface area contributed by atoms with Gasteiger partial charge in [0, 0.05) is 24.7 Å². The molecule has 3 heteroatoms. The minimum Gasteiger partial charge on any atom is -0.508 e. The van der Waals surface area contributed by atoms with Gasteiger partial charge in [0.05, 0.1) is 0 Å². The third-order valence-electron chi connectivity index (χ3n) is 3.11. The molecule has 0 saturated heterocycles. The second kappa shape index (κ2) is 4.16. The van der Waals surface area contributed by atoms with Crippen molar-refractivity contribution in [3.05, 3.63) is 29.3 Å². The molecule has 0 heterocycles. The van der Waals surface area contributed by atoms with E-state index in [1.54, 1.807) is 30.0 Å². The predicted molar refractivity (Wildman–Crippen MR) is 62.5 cm³/mol. The Morgan fingerprint density at radius 2 is 2.19 bits per heavy atom. The van der Waals surface area contributed by atoms with E-state index in [1.807, 2.05) is 7.05 Å². The first-order valence-electron chi connectivity index (χ1n) is 5.63. The van der Waals surface area contributed by atoms with Gasteiger partial charge in [-0.05, 0) is 37.8 Å². The van der Waals surface area contributed by atoms with Gasteiger partial charge in [0.1, 0.15) is 5.75 Å². The molecule has 2 rings (SSSR count). The van der Waals surface area contributed by atoms with E-state index < -0.39 is 0 Å². The van der Waals surface area contributed by atoms with E-state index >= 15 is 0 Å². The summed E-state index contributed by atoms with van der Waals surface area (Å²) < 4.78 is 0. The highest BCUT2D eigenvalue weighted by atomic mass is 16.3.